The highest BCUT2D eigenvalue weighted by Gasteiger charge is 2.31. The predicted octanol–water partition coefficient (Wildman–Crippen LogP) is 3.03. The smallest absolute Gasteiger partial charge is 0.275 e. The molecule has 8 heteroatoms. The lowest BCUT2D eigenvalue weighted by atomic mass is 10.1. The summed E-state index contributed by atoms with van der Waals surface area (Å²) in [5, 5.41) is 9.90. The molecule has 0 saturated heterocycles. The molecule has 1 aliphatic carbocycles. The third-order valence-corrected chi connectivity index (χ3v) is 6.22. The lowest BCUT2D eigenvalue weighted by Crippen LogP contribution is -2.45. The fourth-order valence-electron chi connectivity index (χ4n) is 4.36. The van der Waals surface area contributed by atoms with Crippen molar-refractivity contribution in [1.29, 1.82) is 0 Å². The van der Waals surface area contributed by atoms with Crippen molar-refractivity contribution in [2.24, 2.45) is 0 Å². The second-order valence-corrected chi connectivity index (χ2v) is 8.36. The predicted molar refractivity (Wildman–Crippen MR) is 130 cm³/mol. The zero-order valence-electron chi connectivity index (χ0n) is 19.5. The number of rotatable bonds is 7. The molecule has 176 valence electrons. The van der Waals surface area contributed by atoms with E-state index in [0.29, 0.717) is 5.56 Å². The van der Waals surface area contributed by atoms with Gasteiger partial charge in [0.1, 0.15) is 6.54 Å². The third kappa shape index (κ3) is 4.85. The molecule has 1 aliphatic rings. The van der Waals surface area contributed by atoms with E-state index in [4.69, 9.17) is 0 Å². The molecule has 1 heterocycles. The van der Waals surface area contributed by atoms with Crippen LogP contribution in [0.1, 0.15) is 46.5 Å². The van der Waals surface area contributed by atoms with Crippen molar-refractivity contribution >= 4 is 17.7 Å². The van der Waals surface area contributed by atoms with Gasteiger partial charge in [-0.3, -0.25) is 14.4 Å². The highest BCUT2D eigenvalue weighted by Crippen LogP contribution is 2.28. The van der Waals surface area contributed by atoms with Gasteiger partial charge in [-0.2, -0.15) is 5.10 Å². The number of benzene rings is 2. The molecule has 1 saturated carbocycles. The molecule has 0 spiro atoms. The Morgan fingerprint density at radius 3 is 2.26 bits per heavy atom. The summed E-state index contributed by atoms with van der Waals surface area (Å²) in [5.74, 6) is -0.631. The topological polar surface area (TPSA) is 96.3 Å². The Hall–Kier alpha value is -3.94. The third-order valence-electron chi connectivity index (χ3n) is 6.22. The van der Waals surface area contributed by atoms with Gasteiger partial charge >= 0.3 is 0 Å². The van der Waals surface area contributed by atoms with Crippen molar-refractivity contribution in [3.8, 4) is 16.9 Å². The number of nitrogens with zero attached hydrogens (tertiary/aromatic N) is 3. The summed E-state index contributed by atoms with van der Waals surface area (Å²) >= 11 is 0. The summed E-state index contributed by atoms with van der Waals surface area (Å²) in [7, 11) is 3.16. The van der Waals surface area contributed by atoms with Crippen LogP contribution in [0.3, 0.4) is 0 Å². The number of carbonyl (C=O) groups is 3. The van der Waals surface area contributed by atoms with Crippen LogP contribution in [-0.4, -0.2) is 59.1 Å². The summed E-state index contributed by atoms with van der Waals surface area (Å²) in [6.07, 6.45) is 3.86. The Morgan fingerprint density at radius 2 is 1.65 bits per heavy atom. The first-order valence-electron chi connectivity index (χ1n) is 11.5. The zero-order chi connectivity index (χ0) is 24.1. The molecule has 3 aromatic rings. The fourth-order valence-corrected chi connectivity index (χ4v) is 4.36. The monoisotopic (exact) mass is 459 g/mol. The maximum Gasteiger partial charge on any atom is 0.275 e. The van der Waals surface area contributed by atoms with Gasteiger partial charge in [-0.05, 0) is 43.2 Å². The highest BCUT2D eigenvalue weighted by molar-refractivity contribution is 5.96. The van der Waals surface area contributed by atoms with Gasteiger partial charge in [-0.1, -0.05) is 43.2 Å². The zero-order valence-corrected chi connectivity index (χ0v) is 19.5. The van der Waals surface area contributed by atoms with Crippen LogP contribution in [0.4, 0.5) is 0 Å². The molecule has 0 unspecified atom stereocenters. The number of likely N-dealkylation sites (N-methyl/N-ethyl adjacent to an activating group) is 1. The second kappa shape index (κ2) is 10.3. The van der Waals surface area contributed by atoms with Gasteiger partial charge in [0.05, 0.1) is 11.4 Å². The minimum Gasteiger partial charge on any atom is -0.358 e. The van der Waals surface area contributed by atoms with E-state index in [9.17, 15) is 14.4 Å². The molecule has 4 rings (SSSR count). The van der Waals surface area contributed by atoms with Crippen molar-refractivity contribution in [3.63, 3.8) is 0 Å². The maximum absolute atomic E-state index is 13.6. The number of aromatic nitrogens is 2. The Balaban J connectivity index is 1.75. The summed E-state index contributed by atoms with van der Waals surface area (Å²) in [4.78, 5) is 39.4. The van der Waals surface area contributed by atoms with Gasteiger partial charge in [-0.15, -0.1) is 0 Å². The van der Waals surface area contributed by atoms with Crippen LogP contribution in [0.25, 0.3) is 16.9 Å². The van der Waals surface area contributed by atoms with E-state index in [0.717, 1.165) is 42.6 Å². The van der Waals surface area contributed by atoms with E-state index in [-0.39, 0.29) is 36.0 Å². The molecular weight excluding hydrogens is 430 g/mol. The number of hydrogen-bond acceptors (Lipinski definition) is 4. The van der Waals surface area contributed by atoms with Gasteiger partial charge in [-0.25, -0.2) is 4.68 Å². The summed E-state index contributed by atoms with van der Waals surface area (Å²) in [6.45, 7) is 0.00829. The lowest BCUT2D eigenvalue weighted by molar-refractivity contribution is -0.121. The molecule has 0 aliphatic heterocycles. The lowest BCUT2D eigenvalue weighted by Gasteiger charge is -2.27. The highest BCUT2D eigenvalue weighted by atomic mass is 16.2. The number of hydrogen-bond donors (Lipinski definition) is 2. The van der Waals surface area contributed by atoms with E-state index < -0.39 is 0 Å². The van der Waals surface area contributed by atoms with Crippen molar-refractivity contribution in [2.45, 2.75) is 31.7 Å². The van der Waals surface area contributed by atoms with Gasteiger partial charge < -0.3 is 15.5 Å². The molecule has 1 fully saturated rings. The van der Waals surface area contributed by atoms with Crippen LogP contribution >= 0.6 is 0 Å². The van der Waals surface area contributed by atoms with Gasteiger partial charge in [0.2, 0.25) is 5.91 Å². The maximum atomic E-state index is 13.6. The molecule has 3 amide bonds. The van der Waals surface area contributed by atoms with Gasteiger partial charge in [0.15, 0.2) is 5.69 Å². The first-order chi connectivity index (χ1) is 16.5. The van der Waals surface area contributed by atoms with Gasteiger partial charge in [0.25, 0.3) is 11.8 Å². The van der Waals surface area contributed by atoms with Crippen LogP contribution in [-0.2, 0) is 4.79 Å². The molecular formula is C26H29N5O3. The van der Waals surface area contributed by atoms with E-state index in [2.05, 4.69) is 15.7 Å². The summed E-state index contributed by atoms with van der Waals surface area (Å²) in [6, 6.07) is 18.6. The molecule has 0 atom stereocenters. The van der Waals surface area contributed by atoms with Crippen molar-refractivity contribution < 1.29 is 14.4 Å². The van der Waals surface area contributed by atoms with Crippen LogP contribution in [0.15, 0.2) is 60.7 Å². The molecule has 2 aromatic carbocycles. The van der Waals surface area contributed by atoms with Crippen LogP contribution in [0.5, 0.6) is 0 Å². The molecule has 2 N–H and O–H groups in total. The van der Waals surface area contributed by atoms with E-state index in [1.54, 1.807) is 54.0 Å². The van der Waals surface area contributed by atoms with Crippen LogP contribution in [0.2, 0.25) is 0 Å². The second-order valence-electron chi connectivity index (χ2n) is 8.36. The average molecular weight is 460 g/mol. The number of nitrogens with one attached hydrogen (secondary N) is 2. The van der Waals surface area contributed by atoms with Crippen molar-refractivity contribution in [3.05, 3.63) is 71.9 Å². The Labute approximate surface area is 199 Å². The van der Waals surface area contributed by atoms with Crippen LogP contribution < -0.4 is 10.6 Å². The Morgan fingerprint density at radius 1 is 0.971 bits per heavy atom. The first-order valence-corrected chi connectivity index (χ1v) is 11.5. The van der Waals surface area contributed by atoms with Crippen LogP contribution in [0, 0.1) is 0 Å². The largest absolute Gasteiger partial charge is 0.358 e. The SMILES string of the molecule is CNC(=O)CN(C(=O)c1cc(-c2ccccc2)n(-c2ccc(C(=O)NC)cc2)n1)C1CCCC1. The van der Waals surface area contributed by atoms with E-state index >= 15 is 0 Å². The van der Waals surface area contributed by atoms with Crippen molar-refractivity contribution in [1.82, 2.24) is 25.3 Å². The minimum atomic E-state index is -0.256. The average Bonchev–Trinajstić information content (AvgIpc) is 3.57. The first kappa shape index (κ1) is 23.2. The van der Waals surface area contributed by atoms with E-state index in [1.807, 2.05) is 30.3 Å². The molecule has 0 radical (unpaired) electrons. The molecule has 34 heavy (non-hydrogen) atoms. The Kier molecular flexibility index (Phi) is 7.06. The fraction of sp³-hybridized carbons (Fsp3) is 0.308. The quantitative estimate of drug-likeness (QED) is 0.568. The number of amides is 3. The van der Waals surface area contributed by atoms with Gasteiger partial charge in [0, 0.05) is 31.3 Å². The number of carbonyl (C=O) groups excluding carboxylic acids is 3. The summed E-state index contributed by atoms with van der Waals surface area (Å²) < 4.78 is 1.71. The standard InChI is InChI=1S/C26H29N5O3/c1-27-24(32)17-30(20-10-6-7-11-20)26(34)22-16-23(18-8-4-3-5-9-18)31(29-22)21-14-12-19(13-15-21)25(33)28-2/h3-5,8-9,12-16,20H,6-7,10-11,17H2,1-2H3,(H,27,32)(H,28,33). The Bertz CT molecular complexity index is 1160. The molecule has 1 aromatic heterocycles. The molecule has 8 nitrogen and oxygen atoms in total. The van der Waals surface area contributed by atoms with E-state index in [1.165, 1.54) is 0 Å². The molecule has 0 bridgehead atoms. The normalized spacial score (nSPS) is 13.5. The van der Waals surface area contributed by atoms with Crippen molar-refractivity contribution in [2.75, 3.05) is 20.6 Å². The minimum absolute atomic E-state index is 0.00829. The summed E-state index contributed by atoms with van der Waals surface area (Å²) in [5.41, 5.74) is 3.20.